The van der Waals surface area contributed by atoms with E-state index in [1.807, 2.05) is 37.3 Å². The van der Waals surface area contributed by atoms with Crippen LogP contribution in [0.25, 0.3) is 27.7 Å². The Labute approximate surface area is 198 Å². The van der Waals surface area contributed by atoms with Gasteiger partial charge >= 0.3 is 0 Å². The molecular formula is C24H20ClN3O4S. The Morgan fingerprint density at radius 2 is 2.03 bits per heavy atom. The summed E-state index contributed by atoms with van der Waals surface area (Å²) < 4.78 is 11.3. The smallest absolute Gasteiger partial charge is 0.250 e. The van der Waals surface area contributed by atoms with Crippen molar-refractivity contribution in [3.05, 3.63) is 70.4 Å². The summed E-state index contributed by atoms with van der Waals surface area (Å²) in [6.45, 7) is 1.83. The number of ether oxygens (including phenoxy) is 1. The molecule has 0 spiro atoms. The summed E-state index contributed by atoms with van der Waals surface area (Å²) in [7, 11) is 1.57. The Morgan fingerprint density at radius 1 is 1.27 bits per heavy atom. The van der Waals surface area contributed by atoms with E-state index in [1.165, 1.54) is 17.4 Å². The van der Waals surface area contributed by atoms with Gasteiger partial charge in [-0.3, -0.25) is 14.9 Å². The third-order valence-corrected chi connectivity index (χ3v) is 6.02. The zero-order valence-electron chi connectivity index (χ0n) is 17.8. The van der Waals surface area contributed by atoms with Crippen LogP contribution in [0.3, 0.4) is 0 Å². The van der Waals surface area contributed by atoms with E-state index in [0.717, 1.165) is 22.1 Å². The van der Waals surface area contributed by atoms with Gasteiger partial charge in [-0.1, -0.05) is 23.7 Å². The normalized spacial score (nSPS) is 11.5. The van der Waals surface area contributed by atoms with Gasteiger partial charge < -0.3 is 14.9 Å². The first kappa shape index (κ1) is 22.6. The number of hydrogen-bond donors (Lipinski definition) is 2. The number of nitrogens with two attached hydrogens (primary N) is 1. The number of methoxy groups -OCH3 is 1. The Morgan fingerprint density at radius 3 is 2.73 bits per heavy atom. The van der Waals surface area contributed by atoms with Crippen LogP contribution in [0, 0.1) is 0 Å². The molecule has 4 aromatic rings. The molecule has 33 heavy (non-hydrogen) atoms. The standard InChI is InChI=1S/C24H20ClN3O4S/c1-13(7-23(30)28-24-27-16(12-33-24)8-22(26)29)17-9-18-19(14-3-5-15(25)6-4-14)11-32-21(18)10-20(17)31-2/h3-7,9-12H,8H2,1-2H3,(H2,26,29)(H,27,28,30)/b13-7+. The van der Waals surface area contributed by atoms with Crippen molar-refractivity contribution in [3.8, 4) is 16.9 Å². The molecule has 0 atom stereocenters. The molecule has 168 valence electrons. The van der Waals surface area contributed by atoms with Gasteiger partial charge in [0.25, 0.3) is 0 Å². The second-order valence-electron chi connectivity index (χ2n) is 7.31. The summed E-state index contributed by atoms with van der Waals surface area (Å²) in [5.74, 6) is -0.243. The van der Waals surface area contributed by atoms with Gasteiger partial charge in [0, 0.05) is 39.1 Å². The number of amides is 2. The Hall–Kier alpha value is -3.62. The van der Waals surface area contributed by atoms with Gasteiger partial charge in [0.15, 0.2) is 5.13 Å². The highest BCUT2D eigenvalue weighted by Crippen LogP contribution is 2.37. The minimum absolute atomic E-state index is 0.0269. The zero-order chi connectivity index (χ0) is 23.5. The van der Waals surface area contributed by atoms with Gasteiger partial charge in [0.1, 0.15) is 11.3 Å². The minimum Gasteiger partial charge on any atom is -0.496 e. The average Bonchev–Trinajstić information content (AvgIpc) is 3.39. The minimum atomic E-state index is -0.478. The van der Waals surface area contributed by atoms with E-state index in [9.17, 15) is 9.59 Å². The predicted molar refractivity (Wildman–Crippen MR) is 131 cm³/mol. The molecule has 0 radical (unpaired) electrons. The number of carbonyl (C=O) groups is 2. The molecule has 9 heteroatoms. The van der Waals surface area contributed by atoms with E-state index in [4.69, 9.17) is 26.5 Å². The molecule has 3 N–H and O–H groups in total. The maximum absolute atomic E-state index is 12.6. The van der Waals surface area contributed by atoms with Crippen molar-refractivity contribution in [1.82, 2.24) is 4.98 Å². The summed E-state index contributed by atoms with van der Waals surface area (Å²) in [6, 6.07) is 11.2. The molecule has 2 heterocycles. The molecular weight excluding hydrogens is 462 g/mol. The second-order valence-corrected chi connectivity index (χ2v) is 8.60. The first-order valence-corrected chi connectivity index (χ1v) is 11.2. The lowest BCUT2D eigenvalue weighted by Gasteiger charge is -2.10. The van der Waals surface area contributed by atoms with Crippen LogP contribution in [0.5, 0.6) is 5.75 Å². The molecule has 7 nitrogen and oxygen atoms in total. The summed E-state index contributed by atoms with van der Waals surface area (Å²) in [5.41, 5.74) is 9.70. The summed E-state index contributed by atoms with van der Waals surface area (Å²) in [4.78, 5) is 27.8. The van der Waals surface area contributed by atoms with Gasteiger partial charge in [0.05, 0.1) is 25.5 Å². The van der Waals surface area contributed by atoms with Gasteiger partial charge in [-0.2, -0.15) is 0 Å². The number of furan rings is 1. The summed E-state index contributed by atoms with van der Waals surface area (Å²) in [6.07, 6.45) is 3.19. The number of carbonyl (C=O) groups excluding carboxylic acids is 2. The van der Waals surface area contributed by atoms with E-state index in [0.29, 0.717) is 32.8 Å². The molecule has 0 saturated carbocycles. The molecule has 0 aliphatic heterocycles. The molecule has 0 aliphatic rings. The van der Waals surface area contributed by atoms with Crippen molar-refractivity contribution in [3.63, 3.8) is 0 Å². The maximum Gasteiger partial charge on any atom is 0.250 e. The number of primary amides is 1. The fourth-order valence-electron chi connectivity index (χ4n) is 3.43. The van der Waals surface area contributed by atoms with Crippen LogP contribution in [0.15, 0.2) is 58.5 Å². The molecule has 0 aliphatic carbocycles. The monoisotopic (exact) mass is 481 g/mol. The molecule has 2 amide bonds. The number of benzene rings is 2. The largest absolute Gasteiger partial charge is 0.496 e. The number of hydrogen-bond acceptors (Lipinski definition) is 6. The van der Waals surface area contributed by atoms with E-state index < -0.39 is 5.91 Å². The van der Waals surface area contributed by atoms with Crippen molar-refractivity contribution >= 4 is 56.4 Å². The number of aromatic nitrogens is 1. The number of nitrogens with zero attached hydrogens (tertiary/aromatic N) is 1. The van der Waals surface area contributed by atoms with Gasteiger partial charge in [0.2, 0.25) is 11.8 Å². The first-order chi connectivity index (χ1) is 15.8. The van der Waals surface area contributed by atoms with Gasteiger partial charge in [-0.15, -0.1) is 11.3 Å². The number of nitrogens with one attached hydrogen (secondary N) is 1. The summed E-state index contributed by atoms with van der Waals surface area (Å²) in [5, 5.41) is 6.33. The number of allylic oxidation sites excluding steroid dienone is 1. The van der Waals surface area contributed by atoms with Crippen LogP contribution in [-0.2, 0) is 16.0 Å². The van der Waals surface area contributed by atoms with Crippen LogP contribution in [0.4, 0.5) is 5.13 Å². The number of fused-ring (bicyclic) bond motifs is 1. The van der Waals surface area contributed by atoms with E-state index in [1.54, 1.807) is 24.8 Å². The van der Waals surface area contributed by atoms with E-state index in [-0.39, 0.29) is 12.3 Å². The van der Waals surface area contributed by atoms with Crippen LogP contribution >= 0.6 is 22.9 Å². The van der Waals surface area contributed by atoms with Crippen molar-refractivity contribution < 1.29 is 18.7 Å². The molecule has 0 fully saturated rings. The Kier molecular flexibility index (Phi) is 6.48. The third-order valence-electron chi connectivity index (χ3n) is 4.96. The maximum atomic E-state index is 12.6. The Balaban J connectivity index is 1.64. The van der Waals surface area contributed by atoms with Crippen molar-refractivity contribution in [2.24, 2.45) is 5.73 Å². The highest BCUT2D eigenvalue weighted by atomic mass is 35.5. The fraction of sp³-hybridized carbons (Fsp3) is 0.125. The summed E-state index contributed by atoms with van der Waals surface area (Å²) >= 11 is 7.25. The highest BCUT2D eigenvalue weighted by Gasteiger charge is 2.15. The highest BCUT2D eigenvalue weighted by molar-refractivity contribution is 7.14. The van der Waals surface area contributed by atoms with Crippen LogP contribution in [0.1, 0.15) is 18.2 Å². The number of rotatable bonds is 7. The lowest BCUT2D eigenvalue weighted by atomic mass is 9.99. The van der Waals surface area contributed by atoms with E-state index in [2.05, 4.69) is 10.3 Å². The average molecular weight is 482 g/mol. The molecule has 4 rings (SSSR count). The molecule has 2 aromatic carbocycles. The topological polar surface area (TPSA) is 107 Å². The molecule has 0 saturated heterocycles. The lowest BCUT2D eigenvalue weighted by Crippen LogP contribution is -2.14. The second kappa shape index (κ2) is 9.48. The van der Waals surface area contributed by atoms with E-state index >= 15 is 0 Å². The van der Waals surface area contributed by atoms with Gasteiger partial charge in [-0.05, 0) is 36.3 Å². The fourth-order valence-corrected chi connectivity index (χ4v) is 4.26. The van der Waals surface area contributed by atoms with Crippen LogP contribution in [0.2, 0.25) is 5.02 Å². The van der Waals surface area contributed by atoms with Crippen molar-refractivity contribution in [2.45, 2.75) is 13.3 Å². The third kappa shape index (κ3) is 5.08. The Bertz CT molecular complexity index is 1370. The van der Waals surface area contributed by atoms with Crippen molar-refractivity contribution in [1.29, 1.82) is 0 Å². The zero-order valence-corrected chi connectivity index (χ0v) is 19.4. The molecule has 2 aromatic heterocycles. The molecule has 0 bridgehead atoms. The SMILES string of the molecule is COc1cc2occ(-c3ccc(Cl)cc3)c2cc1/C(C)=C/C(=O)Nc1nc(CC(N)=O)cs1. The quantitative estimate of drug-likeness (QED) is 0.349. The van der Waals surface area contributed by atoms with Gasteiger partial charge in [-0.25, -0.2) is 4.98 Å². The van der Waals surface area contributed by atoms with Crippen LogP contribution in [-0.4, -0.2) is 23.9 Å². The van der Waals surface area contributed by atoms with Crippen molar-refractivity contribution in [2.75, 3.05) is 12.4 Å². The number of halogens is 1. The number of thiazole rings is 1. The van der Waals surface area contributed by atoms with Crippen LogP contribution < -0.4 is 15.8 Å². The first-order valence-electron chi connectivity index (χ1n) is 9.91. The molecule has 0 unspecified atom stereocenters. The predicted octanol–water partition coefficient (Wildman–Crippen LogP) is 5.29. The number of anilines is 1. The lowest BCUT2D eigenvalue weighted by molar-refractivity contribution is -0.117.